The van der Waals surface area contributed by atoms with Crippen LogP contribution in [0.4, 0.5) is 10.7 Å². The Bertz CT molecular complexity index is 981. The van der Waals surface area contributed by atoms with Crippen molar-refractivity contribution in [1.82, 2.24) is 4.98 Å². The third-order valence-corrected chi connectivity index (χ3v) is 5.17. The molecule has 4 rings (SSSR count). The van der Waals surface area contributed by atoms with Crippen molar-refractivity contribution in [3.05, 3.63) is 90.0 Å². The highest BCUT2D eigenvalue weighted by Gasteiger charge is 2.15. The fraction of sp³-hybridized carbons (Fsp3) is 0. The van der Waals surface area contributed by atoms with Crippen LogP contribution >= 0.6 is 22.9 Å². The summed E-state index contributed by atoms with van der Waals surface area (Å²) < 4.78 is 0. The molecule has 0 aliphatic carbocycles. The van der Waals surface area contributed by atoms with E-state index in [9.17, 15) is 0 Å². The smallest absolute Gasteiger partial charge is 0.126 e. The van der Waals surface area contributed by atoms with E-state index >= 15 is 0 Å². The van der Waals surface area contributed by atoms with Crippen molar-refractivity contribution in [2.75, 3.05) is 5.32 Å². The Morgan fingerprint density at radius 2 is 1.32 bits per heavy atom. The summed E-state index contributed by atoms with van der Waals surface area (Å²) in [4.78, 5) is 4.89. The van der Waals surface area contributed by atoms with Gasteiger partial charge in [-0.2, -0.15) is 0 Å². The van der Waals surface area contributed by atoms with Crippen LogP contribution in [0, 0.1) is 0 Å². The van der Waals surface area contributed by atoms with Crippen molar-refractivity contribution >= 4 is 33.6 Å². The summed E-state index contributed by atoms with van der Waals surface area (Å²) in [6.45, 7) is 0. The summed E-state index contributed by atoms with van der Waals surface area (Å²) in [5.74, 6) is 0. The summed E-state index contributed by atoms with van der Waals surface area (Å²) >= 11 is 7.95. The summed E-state index contributed by atoms with van der Waals surface area (Å²) in [6.07, 6.45) is 0. The van der Waals surface area contributed by atoms with E-state index in [4.69, 9.17) is 16.6 Å². The molecule has 0 spiro atoms. The van der Waals surface area contributed by atoms with E-state index in [-0.39, 0.29) is 0 Å². The molecule has 0 bridgehead atoms. The van der Waals surface area contributed by atoms with Crippen LogP contribution in [-0.4, -0.2) is 4.98 Å². The van der Waals surface area contributed by atoms with Crippen molar-refractivity contribution in [1.29, 1.82) is 0 Å². The van der Waals surface area contributed by atoms with Gasteiger partial charge in [0.05, 0.1) is 10.7 Å². The molecule has 0 saturated carbocycles. The fourth-order valence-electron chi connectivity index (χ4n) is 2.59. The van der Waals surface area contributed by atoms with Crippen molar-refractivity contribution in [2.45, 2.75) is 0 Å². The fourth-order valence-corrected chi connectivity index (χ4v) is 3.77. The number of rotatable bonds is 4. The Balaban J connectivity index is 1.81. The first kappa shape index (κ1) is 15.9. The molecule has 2 nitrogen and oxygen atoms in total. The van der Waals surface area contributed by atoms with E-state index in [1.807, 2.05) is 60.7 Å². The lowest BCUT2D eigenvalue weighted by Crippen LogP contribution is -1.91. The molecular formula is C21H15ClN2S. The van der Waals surface area contributed by atoms with Crippen LogP contribution in [0.2, 0.25) is 5.02 Å². The highest BCUT2D eigenvalue weighted by molar-refractivity contribution is 7.19. The van der Waals surface area contributed by atoms with Gasteiger partial charge in [0.15, 0.2) is 0 Å². The average Bonchev–Trinajstić information content (AvgIpc) is 3.09. The van der Waals surface area contributed by atoms with Gasteiger partial charge in [-0.3, -0.25) is 0 Å². The van der Waals surface area contributed by atoms with E-state index in [1.54, 1.807) is 11.3 Å². The first-order chi connectivity index (χ1) is 12.3. The highest BCUT2D eigenvalue weighted by Crippen LogP contribution is 2.40. The number of nitrogens with zero attached hydrogens (tertiary/aromatic N) is 1. The number of thiazole rings is 1. The maximum absolute atomic E-state index is 6.32. The summed E-state index contributed by atoms with van der Waals surface area (Å²) in [6, 6.07) is 28.2. The Kier molecular flexibility index (Phi) is 4.51. The number of aromatic nitrogens is 1. The van der Waals surface area contributed by atoms with Gasteiger partial charge < -0.3 is 5.32 Å². The number of hydrogen-bond donors (Lipinski definition) is 1. The predicted octanol–water partition coefficient (Wildman–Crippen LogP) is 6.87. The molecule has 0 fully saturated rings. The van der Waals surface area contributed by atoms with Crippen LogP contribution in [0.1, 0.15) is 0 Å². The molecule has 0 amide bonds. The Hall–Kier alpha value is -2.62. The minimum Gasteiger partial charge on any atom is -0.344 e. The largest absolute Gasteiger partial charge is 0.344 e. The SMILES string of the molecule is Clc1ccccc1Nc1sc(-c2ccccc2)nc1-c1ccccc1. The molecule has 0 unspecified atom stereocenters. The number of hydrogen-bond acceptors (Lipinski definition) is 3. The summed E-state index contributed by atoms with van der Waals surface area (Å²) in [7, 11) is 0. The molecule has 4 heteroatoms. The van der Waals surface area contributed by atoms with Crippen LogP contribution in [0.5, 0.6) is 0 Å². The van der Waals surface area contributed by atoms with Gasteiger partial charge in [0.2, 0.25) is 0 Å². The van der Waals surface area contributed by atoms with Gasteiger partial charge in [0.1, 0.15) is 15.7 Å². The van der Waals surface area contributed by atoms with Crippen molar-refractivity contribution in [2.24, 2.45) is 0 Å². The van der Waals surface area contributed by atoms with Crippen LogP contribution in [0.25, 0.3) is 21.8 Å². The molecule has 3 aromatic carbocycles. The van der Waals surface area contributed by atoms with Crippen molar-refractivity contribution < 1.29 is 0 Å². The third-order valence-electron chi connectivity index (χ3n) is 3.82. The maximum atomic E-state index is 6.32. The van der Waals surface area contributed by atoms with Gasteiger partial charge in [-0.15, -0.1) is 0 Å². The van der Waals surface area contributed by atoms with Crippen molar-refractivity contribution in [3.63, 3.8) is 0 Å². The molecular weight excluding hydrogens is 348 g/mol. The number of nitrogens with one attached hydrogen (secondary N) is 1. The summed E-state index contributed by atoms with van der Waals surface area (Å²) in [5, 5.41) is 6.11. The van der Waals surface area contributed by atoms with E-state index < -0.39 is 0 Å². The molecule has 0 saturated heterocycles. The van der Waals surface area contributed by atoms with Gasteiger partial charge in [-0.1, -0.05) is 95.7 Å². The standard InChI is InChI=1S/C21H15ClN2S/c22-17-13-7-8-14-18(17)23-21-19(15-9-3-1-4-10-15)24-20(25-21)16-11-5-2-6-12-16/h1-14,23H. The molecule has 1 N–H and O–H groups in total. The second kappa shape index (κ2) is 7.09. The Labute approximate surface area is 155 Å². The number of halogens is 1. The van der Waals surface area contributed by atoms with Crippen LogP contribution in [0.15, 0.2) is 84.9 Å². The molecule has 4 aromatic rings. The monoisotopic (exact) mass is 362 g/mol. The highest BCUT2D eigenvalue weighted by atomic mass is 35.5. The van der Waals surface area contributed by atoms with Crippen LogP contribution in [0.3, 0.4) is 0 Å². The zero-order valence-electron chi connectivity index (χ0n) is 13.3. The molecule has 1 heterocycles. The third kappa shape index (κ3) is 3.43. The quantitative estimate of drug-likeness (QED) is 0.428. The number of para-hydroxylation sites is 1. The first-order valence-corrected chi connectivity index (χ1v) is 9.14. The molecule has 0 aliphatic heterocycles. The number of anilines is 2. The van der Waals surface area contributed by atoms with Crippen molar-refractivity contribution in [3.8, 4) is 21.8 Å². The zero-order valence-corrected chi connectivity index (χ0v) is 14.9. The lowest BCUT2D eigenvalue weighted by Gasteiger charge is -2.07. The minimum atomic E-state index is 0.691. The lowest BCUT2D eigenvalue weighted by atomic mass is 10.1. The second-order valence-electron chi connectivity index (χ2n) is 5.53. The number of benzene rings is 3. The first-order valence-electron chi connectivity index (χ1n) is 7.94. The van der Waals surface area contributed by atoms with Crippen LogP contribution in [-0.2, 0) is 0 Å². The topological polar surface area (TPSA) is 24.9 Å². The molecule has 122 valence electrons. The van der Waals surface area contributed by atoms with Gasteiger partial charge in [0, 0.05) is 11.1 Å². The van der Waals surface area contributed by atoms with E-state index in [1.165, 1.54) is 0 Å². The Morgan fingerprint density at radius 3 is 2.00 bits per heavy atom. The molecule has 0 aliphatic rings. The summed E-state index contributed by atoms with van der Waals surface area (Å²) in [5.41, 5.74) is 4.00. The van der Waals surface area contributed by atoms with Gasteiger partial charge in [-0.05, 0) is 12.1 Å². The molecule has 1 aromatic heterocycles. The lowest BCUT2D eigenvalue weighted by molar-refractivity contribution is 1.39. The van der Waals surface area contributed by atoms with Gasteiger partial charge in [0.25, 0.3) is 0 Å². The normalized spacial score (nSPS) is 10.6. The average molecular weight is 363 g/mol. The molecule has 25 heavy (non-hydrogen) atoms. The van der Waals surface area contributed by atoms with Gasteiger partial charge >= 0.3 is 0 Å². The Morgan fingerprint density at radius 1 is 0.720 bits per heavy atom. The van der Waals surface area contributed by atoms with E-state index in [2.05, 4.69) is 29.6 Å². The van der Waals surface area contributed by atoms with E-state index in [0.717, 1.165) is 32.5 Å². The maximum Gasteiger partial charge on any atom is 0.126 e. The minimum absolute atomic E-state index is 0.691. The van der Waals surface area contributed by atoms with Crippen LogP contribution < -0.4 is 5.32 Å². The second-order valence-corrected chi connectivity index (χ2v) is 6.94. The van der Waals surface area contributed by atoms with Gasteiger partial charge in [-0.25, -0.2) is 4.98 Å². The predicted molar refractivity (Wildman–Crippen MR) is 108 cm³/mol. The molecule has 0 atom stereocenters. The zero-order chi connectivity index (χ0) is 17.1. The molecule has 0 radical (unpaired) electrons. The van der Waals surface area contributed by atoms with E-state index in [0.29, 0.717) is 5.02 Å².